The molecule has 1 aliphatic carbocycles. The summed E-state index contributed by atoms with van der Waals surface area (Å²) in [7, 11) is 1.56. The van der Waals surface area contributed by atoms with Gasteiger partial charge < -0.3 is 20.7 Å². The Bertz CT molecular complexity index is 980. The molecule has 0 saturated heterocycles. The van der Waals surface area contributed by atoms with Crippen molar-refractivity contribution in [3.05, 3.63) is 59.7 Å². The molecule has 0 unspecified atom stereocenters. The molecule has 0 heterocycles. The van der Waals surface area contributed by atoms with E-state index in [1.807, 2.05) is 13.8 Å². The van der Waals surface area contributed by atoms with E-state index in [2.05, 4.69) is 16.0 Å². The average molecular weight is 466 g/mol. The quantitative estimate of drug-likeness (QED) is 0.499. The molecule has 1 fully saturated rings. The second-order valence-corrected chi connectivity index (χ2v) is 9.12. The van der Waals surface area contributed by atoms with Crippen LogP contribution in [-0.4, -0.2) is 36.9 Å². The van der Waals surface area contributed by atoms with Gasteiger partial charge in [-0.05, 0) is 55.2 Å². The molecule has 0 radical (unpaired) electrons. The number of ether oxygens (including phenoxy) is 1. The highest BCUT2D eigenvalue weighted by atomic mass is 16.5. The third kappa shape index (κ3) is 6.83. The Hall–Kier alpha value is -3.35. The number of hydrogen-bond donors (Lipinski definition) is 3. The van der Waals surface area contributed by atoms with Crippen LogP contribution >= 0.6 is 0 Å². The predicted molar refractivity (Wildman–Crippen MR) is 133 cm³/mol. The normalized spacial score (nSPS) is 15.2. The van der Waals surface area contributed by atoms with Crippen molar-refractivity contribution in [3.63, 3.8) is 0 Å². The average Bonchev–Trinajstić information content (AvgIpc) is 3.11. The predicted octanol–water partition coefficient (Wildman–Crippen LogP) is 4.54. The van der Waals surface area contributed by atoms with Crippen LogP contribution in [0.4, 0.5) is 5.69 Å². The van der Waals surface area contributed by atoms with Gasteiger partial charge in [0.15, 0.2) is 0 Å². The molecule has 3 N–H and O–H groups in total. The van der Waals surface area contributed by atoms with Crippen molar-refractivity contribution in [2.75, 3.05) is 12.4 Å². The fourth-order valence-corrected chi connectivity index (χ4v) is 4.20. The Morgan fingerprint density at radius 2 is 1.53 bits per heavy atom. The van der Waals surface area contributed by atoms with Crippen molar-refractivity contribution in [2.45, 2.75) is 64.5 Å². The molecule has 34 heavy (non-hydrogen) atoms. The number of benzene rings is 2. The van der Waals surface area contributed by atoms with E-state index >= 15 is 0 Å². The summed E-state index contributed by atoms with van der Waals surface area (Å²) in [6.07, 6.45) is 6.59. The highest BCUT2D eigenvalue weighted by Crippen LogP contribution is 2.20. The summed E-state index contributed by atoms with van der Waals surface area (Å²) in [6, 6.07) is 13.0. The lowest BCUT2D eigenvalue weighted by molar-refractivity contribution is -0.124. The van der Waals surface area contributed by atoms with Crippen LogP contribution < -0.4 is 20.7 Å². The van der Waals surface area contributed by atoms with E-state index in [1.54, 1.807) is 55.6 Å². The van der Waals surface area contributed by atoms with Crippen molar-refractivity contribution in [2.24, 2.45) is 5.92 Å². The molecule has 0 aromatic heterocycles. The fourth-order valence-electron chi connectivity index (χ4n) is 4.20. The molecule has 3 amide bonds. The maximum Gasteiger partial charge on any atom is 0.255 e. The Morgan fingerprint density at radius 3 is 2.15 bits per heavy atom. The topological polar surface area (TPSA) is 96.5 Å². The van der Waals surface area contributed by atoms with Crippen LogP contribution in [0.3, 0.4) is 0 Å². The lowest BCUT2D eigenvalue weighted by atomic mass is 10.0. The van der Waals surface area contributed by atoms with Gasteiger partial charge in [0, 0.05) is 11.6 Å². The number of rotatable bonds is 8. The maximum atomic E-state index is 13.2. The van der Waals surface area contributed by atoms with Gasteiger partial charge in [0.1, 0.15) is 11.8 Å². The summed E-state index contributed by atoms with van der Waals surface area (Å²) in [5, 5.41) is 8.84. The van der Waals surface area contributed by atoms with Gasteiger partial charge >= 0.3 is 0 Å². The summed E-state index contributed by atoms with van der Waals surface area (Å²) in [5.41, 5.74) is 1.13. The van der Waals surface area contributed by atoms with E-state index in [1.165, 1.54) is 12.8 Å². The number of carbonyl (C=O) groups is 3. The van der Waals surface area contributed by atoms with Crippen LogP contribution in [0.1, 0.15) is 73.1 Å². The van der Waals surface area contributed by atoms with Crippen molar-refractivity contribution < 1.29 is 19.1 Å². The SMILES string of the molecule is COc1ccc(C(=O)Nc2ccccc2C(=O)N[C@@H](C(=O)NC2CCCCCC2)C(C)C)cc1. The molecular formula is C27H35N3O4. The van der Waals surface area contributed by atoms with Crippen LogP contribution in [0, 0.1) is 5.92 Å². The van der Waals surface area contributed by atoms with Crippen LogP contribution in [0.2, 0.25) is 0 Å². The van der Waals surface area contributed by atoms with Crippen molar-refractivity contribution in [1.82, 2.24) is 10.6 Å². The molecule has 7 heteroatoms. The summed E-state index contributed by atoms with van der Waals surface area (Å²) in [5.74, 6) is -0.335. The standard InChI is InChI=1S/C27H35N3O4/c1-18(2)24(27(33)28-20-10-6-4-5-7-11-20)30-26(32)22-12-8-9-13-23(22)29-25(31)19-14-16-21(34-3)17-15-19/h8-9,12-18,20,24H,4-7,10-11H2,1-3H3,(H,28,33)(H,29,31)(H,30,32)/t24-/m1/s1. The van der Waals surface area contributed by atoms with Crippen LogP contribution in [0.15, 0.2) is 48.5 Å². The summed E-state index contributed by atoms with van der Waals surface area (Å²) in [6.45, 7) is 3.82. The number of amides is 3. The number of para-hydroxylation sites is 1. The Morgan fingerprint density at radius 1 is 0.882 bits per heavy atom. The highest BCUT2D eigenvalue weighted by Gasteiger charge is 2.27. The Labute approximate surface area is 201 Å². The zero-order valence-electron chi connectivity index (χ0n) is 20.2. The third-order valence-corrected chi connectivity index (χ3v) is 6.21. The van der Waals surface area contributed by atoms with Crippen LogP contribution in [0.5, 0.6) is 5.75 Å². The van der Waals surface area contributed by atoms with Gasteiger partial charge in [0.2, 0.25) is 5.91 Å². The third-order valence-electron chi connectivity index (χ3n) is 6.21. The molecule has 0 bridgehead atoms. The zero-order chi connectivity index (χ0) is 24.5. The number of hydrogen-bond acceptors (Lipinski definition) is 4. The smallest absolute Gasteiger partial charge is 0.255 e. The van der Waals surface area contributed by atoms with Gasteiger partial charge in [-0.1, -0.05) is 51.7 Å². The summed E-state index contributed by atoms with van der Waals surface area (Å²) < 4.78 is 5.13. The second kappa shape index (κ2) is 12.2. The monoisotopic (exact) mass is 465 g/mol. The maximum absolute atomic E-state index is 13.2. The Balaban J connectivity index is 1.70. The zero-order valence-corrected chi connectivity index (χ0v) is 20.2. The van der Waals surface area contributed by atoms with E-state index < -0.39 is 11.9 Å². The molecule has 3 rings (SSSR count). The van der Waals surface area contributed by atoms with E-state index in [0.717, 1.165) is 25.7 Å². The minimum Gasteiger partial charge on any atom is -0.497 e. The molecule has 2 aromatic carbocycles. The van der Waals surface area contributed by atoms with Gasteiger partial charge in [-0.2, -0.15) is 0 Å². The molecule has 1 aliphatic rings. The summed E-state index contributed by atoms with van der Waals surface area (Å²) >= 11 is 0. The molecular weight excluding hydrogens is 430 g/mol. The van der Waals surface area contributed by atoms with E-state index in [9.17, 15) is 14.4 Å². The minimum absolute atomic E-state index is 0.0872. The van der Waals surface area contributed by atoms with Crippen molar-refractivity contribution in [3.8, 4) is 5.75 Å². The molecule has 1 atom stereocenters. The molecule has 0 spiro atoms. The number of carbonyl (C=O) groups excluding carboxylic acids is 3. The van der Waals surface area contributed by atoms with Crippen molar-refractivity contribution >= 4 is 23.4 Å². The van der Waals surface area contributed by atoms with Crippen molar-refractivity contribution in [1.29, 1.82) is 0 Å². The molecule has 2 aromatic rings. The van der Waals surface area contributed by atoms with Crippen LogP contribution in [0.25, 0.3) is 0 Å². The van der Waals surface area contributed by atoms with Gasteiger partial charge in [-0.15, -0.1) is 0 Å². The fraction of sp³-hybridized carbons (Fsp3) is 0.444. The van der Waals surface area contributed by atoms with Gasteiger partial charge in [0.25, 0.3) is 11.8 Å². The summed E-state index contributed by atoms with van der Waals surface area (Å²) in [4.78, 5) is 38.9. The second-order valence-electron chi connectivity index (χ2n) is 9.12. The van der Waals surface area contributed by atoms with Crippen LogP contribution in [-0.2, 0) is 4.79 Å². The number of nitrogens with one attached hydrogen (secondary N) is 3. The van der Waals surface area contributed by atoms with Gasteiger partial charge in [-0.3, -0.25) is 14.4 Å². The molecule has 182 valence electrons. The Kier molecular flexibility index (Phi) is 9.08. The van der Waals surface area contributed by atoms with E-state index in [-0.39, 0.29) is 23.8 Å². The van der Waals surface area contributed by atoms with Gasteiger partial charge in [-0.25, -0.2) is 0 Å². The first kappa shape index (κ1) is 25.3. The lowest BCUT2D eigenvalue weighted by Gasteiger charge is -2.25. The molecule has 7 nitrogen and oxygen atoms in total. The first-order valence-electron chi connectivity index (χ1n) is 12.0. The largest absolute Gasteiger partial charge is 0.497 e. The molecule has 1 saturated carbocycles. The van der Waals surface area contributed by atoms with Gasteiger partial charge in [0.05, 0.1) is 18.4 Å². The van der Waals surface area contributed by atoms with E-state index in [0.29, 0.717) is 22.6 Å². The first-order chi connectivity index (χ1) is 16.4. The highest BCUT2D eigenvalue weighted by molar-refractivity contribution is 6.09. The molecule has 0 aliphatic heterocycles. The number of anilines is 1. The minimum atomic E-state index is -0.666. The van der Waals surface area contributed by atoms with E-state index in [4.69, 9.17) is 4.74 Å². The number of methoxy groups -OCH3 is 1. The lowest BCUT2D eigenvalue weighted by Crippen LogP contribution is -2.52. The first-order valence-corrected chi connectivity index (χ1v) is 12.0.